The lowest BCUT2D eigenvalue weighted by atomic mass is 9.89. The van der Waals surface area contributed by atoms with Gasteiger partial charge in [-0.15, -0.1) is 11.3 Å². The maximum atomic E-state index is 11.7. The summed E-state index contributed by atoms with van der Waals surface area (Å²) in [5, 5.41) is 4.21. The predicted octanol–water partition coefficient (Wildman–Crippen LogP) is 3.62. The highest BCUT2D eigenvalue weighted by atomic mass is 32.1. The number of hydrogen-bond acceptors (Lipinski definition) is 5. The first-order valence-corrected chi connectivity index (χ1v) is 7.90. The Morgan fingerprint density at radius 3 is 2.84 bits per heavy atom. The smallest absolute Gasteiger partial charge is 0.358 e. The molecule has 1 aromatic heterocycles. The number of carbonyl (C=O) groups is 1. The quantitative estimate of drug-likeness (QED) is 0.838. The average molecular weight is 282 g/mol. The minimum Gasteiger partial charge on any atom is -0.461 e. The van der Waals surface area contributed by atoms with E-state index in [-0.39, 0.29) is 5.97 Å². The van der Waals surface area contributed by atoms with Gasteiger partial charge in [0.25, 0.3) is 0 Å². The van der Waals surface area contributed by atoms with E-state index in [0.29, 0.717) is 12.3 Å². The Morgan fingerprint density at radius 1 is 1.42 bits per heavy atom. The first kappa shape index (κ1) is 14.3. The van der Waals surface area contributed by atoms with Gasteiger partial charge in [0, 0.05) is 11.4 Å². The zero-order valence-electron chi connectivity index (χ0n) is 11.7. The van der Waals surface area contributed by atoms with E-state index >= 15 is 0 Å². The van der Waals surface area contributed by atoms with Crippen LogP contribution in [0.5, 0.6) is 0 Å². The van der Waals surface area contributed by atoms with Crippen molar-refractivity contribution >= 4 is 22.4 Å². The highest BCUT2D eigenvalue weighted by molar-refractivity contribution is 7.15. The highest BCUT2D eigenvalue weighted by Gasteiger charge is 2.18. The summed E-state index contributed by atoms with van der Waals surface area (Å²) in [6.07, 6.45) is 6.68. The molecular weight excluding hydrogens is 260 g/mol. The zero-order chi connectivity index (χ0) is 13.7. The lowest BCUT2D eigenvalue weighted by molar-refractivity contribution is 0.0519. The van der Waals surface area contributed by atoms with Crippen LogP contribution in [0.3, 0.4) is 0 Å². The Bertz CT molecular complexity index is 425. The molecule has 19 heavy (non-hydrogen) atoms. The fourth-order valence-corrected chi connectivity index (χ4v) is 3.29. The Kier molecular flexibility index (Phi) is 5.19. The number of nitrogens with zero attached hydrogens (tertiary/aromatic N) is 1. The summed E-state index contributed by atoms with van der Waals surface area (Å²) >= 11 is 1.53. The van der Waals surface area contributed by atoms with Crippen molar-refractivity contribution in [1.29, 1.82) is 0 Å². The zero-order valence-corrected chi connectivity index (χ0v) is 12.5. The number of nitrogens with one attached hydrogen (secondary N) is 1. The molecule has 0 atom stereocenters. The van der Waals surface area contributed by atoms with E-state index in [1.54, 1.807) is 0 Å². The average Bonchev–Trinajstić information content (AvgIpc) is 2.79. The maximum Gasteiger partial charge on any atom is 0.358 e. The molecule has 0 spiro atoms. The second-order valence-electron chi connectivity index (χ2n) is 5.03. The number of ether oxygens (including phenoxy) is 1. The Hall–Kier alpha value is -1.10. The van der Waals surface area contributed by atoms with Crippen molar-refractivity contribution in [2.75, 3.05) is 18.5 Å². The molecule has 0 radical (unpaired) electrons. The predicted molar refractivity (Wildman–Crippen MR) is 77.9 cm³/mol. The Labute approximate surface area is 118 Å². The molecule has 0 saturated heterocycles. The van der Waals surface area contributed by atoms with Crippen LogP contribution in [0.2, 0.25) is 0 Å². The Morgan fingerprint density at radius 2 is 2.16 bits per heavy atom. The molecule has 0 amide bonds. The summed E-state index contributed by atoms with van der Waals surface area (Å²) in [5.74, 6) is 0.436. The third-order valence-corrected chi connectivity index (χ3v) is 4.46. The van der Waals surface area contributed by atoms with Gasteiger partial charge in [-0.3, -0.25) is 0 Å². The maximum absolute atomic E-state index is 11.7. The first-order valence-electron chi connectivity index (χ1n) is 7.09. The summed E-state index contributed by atoms with van der Waals surface area (Å²) in [6.45, 7) is 5.08. The molecule has 0 aliphatic heterocycles. The fourth-order valence-electron chi connectivity index (χ4n) is 2.48. The van der Waals surface area contributed by atoms with Gasteiger partial charge in [-0.05, 0) is 32.6 Å². The second kappa shape index (κ2) is 6.89. The SMILES string of the molecule is CCOC(=O)c1nc(NCC2CCCCC2)sc1C. The normalized spacial score (nSPS) is 16.3. The van der Waals surface area contributed by atoms with Crippen LogP contribution in [0.15, 0.2) is 0 Å². The molecule has 1 aliphatic carbocycles. The largest absolute Gasteiger partial charge is 0.461 e. The Balaban J connectivity index is 1.90. The van der Waals surface area contributed by atoms with Gasteiger partial charge in [0.2, 0.25) is 0 Å². The van der Waals surface area contributed by atoms with E-state index in [2.05, 4.69) is 10.3 Å². The molecule has 4 nitrogen and oxygen atoms in total. The minimum atomic E-state index is -0.318. The molecule has 1 aliphatic rings. The van der Waals surface area contributed by atoms with E-state index in [4.69, 9.17) is 4.74 Å². The lowest BCUT2D eigenvalue weighted by Crippen LogP contribution is -2.17. The van der Waals surface area contributed by atoms with Gasteiger partial charge in [0.1, 0.15) is 0 Å². The van der Waals surface area contributed by atoms with Crippen LogP contribution in [0, 0.1) is 12.8 Å². The standard InChI is InChI=1S/C14H22N2O2S/c1-3-18-13(17)12-10(2)19-14(16-12)15-9-11-7-5-4-6-8-11/h11H,3-9H2,1-2H3,(H,15,16). The van der Waals surface area contributed by atoms with Gasteiger partial charge >= 0.3 is 5.97 Å². The number of esters is 1. The van der Waals surface area contributed by atoms with Gasteiger partial charge in [-0.1, -0.05) is 19.3 Å². The lowest BCUT2D eigenvalue weighted by Gasteiger charge is -2.21. The molecule has 106 valence electrons. The molecule has 1 N–H and O–H groups in total. The van der Waals surface area contributed by atoms with Crippen molar-refractivity contribution < 1.29 is 9.53 Å². The molecular formula is C14H22N2O2S. The first-order chi connectivity index (χ1) is 9.20. The summed E-state index contributed by atoms with van der Waals surface area (Å²) in [4.78, 5) is 16.9. The number of aryl methyl sites for hydroxylation is 1. The molecule has 1 fully saturated rings. The van der Waals surface area contributed by atoms with Crippen LogP contribution < -0.4 is 5.32 Å². The van der Waals surface area contributed by atoms with Gasteiger partial charge in [-0.2, -0.15) is 0 Å². The third-order valence-electron chi connectivity index (χ3n) is 3.53. The summed E-state index contributed by atoms with van der Waals surface area (Å²) in [6, 6.07) is 0. The van der Waals surface area contributed by atoms with E-state index in [1.165, 1.54) is 43.4 Å². The van der Waals surface area contributed by atoms with Crippen LogP contribution in [0.1, 0.15) is 54.4 Å². The van der Waals surface area contributed by atoms with E-state index in [0.717, 1.165) is 22.5 Å². The van der Waals surface area contributed by atoms with Crippen molar-refractivity contribution in [3.63, 3.8) is 0 Å². The van der Waals surface area contributed by atoms with Gasteiger partial charge in [0.15, 0.2) is 10.8 Å². The molecule has 0 unspecified atom stereocenters. The van der Waals surface area contributed by atoms with E-state index in [1.807, 2.05) is 13.8 Å². The summed E-state index contributed by atoms with van der Waals surface area (Å²) < 4.78 is 4.99. The van der Waals surface area contributed by atoms with Crippen molar-refractivity contribution in [2.24, 2.45) is 5.92 Å². The van der Waals surface area contributed by atoms with E-state index < -0.39 is 0 Å². The van der Waals surface area contributed by atoms with E-state index in [9.17, 15) is 4.79 Å². The number of rotatable bonds is 5. The van der Waals surface area contributed by atoms with Crippen molar-refractivity contribution in [2.45, 2.75) is 46.0 Å². The van der Waals surface area contributed by atoms with Crippen LogP contribution in [0.25, 0.3) is 0 Å². The van der Waals surface area contributed by atoms with Gasteiger partial charge < -0.3 is 10.1 Å². The second-order valence-corrected chi connectivity index (χ2v) is 6.23. The van der Waals surface area contributed by atoms with Crippen molar-refractivity contribution in [3.8, 4) is 0 Å². The third kappa shape index (κ3) is 3.93. The number of carbonyl (C=O) groups excluding carboxylic acids is 1. The molecule has 5 heteroatoms. The van der Waals surface area contributed by atoms with Crippen LogP contribution >= 0.6 is 11.3 Å². The molecule has 1 aromatic rings. The fraction of sp³-hybridized carbons (Fsp3) is 0.714. The minimum absolute atomic E-state index is 0.318. The molecule has 2 rings (SSSR count). The monoisotopic (exact) mass is 282 g/mol. The highest BCUT2D eigenvalue weighted by Crippen LogP contribution is 2.26. The number of thiazole rings is 1. The van der Waals surface area contributed by atoms with Crippen LogP contribution in [-0.4, -0.2) is 24.1 Å². The summed E-state index contributed by atoms with van der Waals surface area (Å²) in [5.41, 5.74) is 0.456. The number of hydrogen-bond donors (Lipinski definition) is 1. The molecule has 1 heterocycles. The van der Waals surface area contributed by atoms with Crippen LogP contribution in [-0.2, 0) is 4.74 Å². The summed E-state index contributed by atoms with van der Waals surface area (Å²) in [7, 11) is 0. The van der Waals surface area contributed by atoms with Crippen molar-refractivity contribution in [1.82, 2.24) is 4.98 Å². The van der Waals surface area contributed by atoms with Crippen molar-refractivity contribution in [3.05, 3.63) is 10.6 Å². The topological polar surface area (TPSA) is 51.2 Å². The van der Waals surface area contributed by atoms with Gasteiger partial charge in [0.05, 0.1) is 6.61 Å². The molecule has 0 bridgehead atoms. The molecule has 1 saturated carbocycles. The number of anilines is 1. The van der Waals surface area contributed by atoms with Gasteiger partial charge in [-0.25, -0.2) is 9.78 Å². The van der Waals surface area contributed by atoms with Crippen LogP contribution in [0.4, 0.5) is 5.13 Å². The molecule has 0 aromatic carbocycles. The number of aromatic nitrogens is 1.